The predicted octanol–water partition coefficient (Wildman–Crippen LogP) is 3.58. The van der Waals surface area contributed by atoms with Gasteiger partial charge in [-0.1, -0.05) is 24.3 Å². The second kappa shape index (κ2) is 9.03. The summed E-state index contributed by atoms with van der Waals surface area (Å²) in [6.45, 7) is 4.56. The number of hydrogen-bond acceptors (Lipinski definition) is 4. The maximum Gasteiger partial charge on any atom is 0.245 e. The highest BCUT2D eigenvalue weighted by molar-refractivity contribution is 7.10. The van der Waals surface area contributed by atoms with E-state index in [-0.39, 0.29) is 17.9 Å². The first kappa shape index (κ1) is 20.6. The van der Waals surface area contributed by atoms with Gasteiger partial charge in [0, 0.05) is 43.3 Å². The molecule has 0 spiro atoms. The summed E-state index contributed by atoms with van der Waals surface area (Å²) in [6.07, 6.45) is 5.41. The Hall–Kier alpha value is -2.34. The molecule has 164 valence electrons. The Bertz CT molecular complexity index is 921. The molecule has 0 bridgehead atoms. The Labute approximate surface area is 188 Å². The third-order valence-electron chi connectivity index (χ3n) is 7.15. The molecular weight excluding hydrogens is 406 g/mol. The molecule has 0 aliphatic carbocycles. The fourth-order valence-electron chi connectivity index (χ4n) is 5.44. The van der Waals surface area contributed by atoms with Crippen molar-refractivity contribution < 1.29 is 9.59 Å². The number of rotatable bonds is 5. The molecule has 6 heteroatoms. The van der Waals surface area contributed by atoms with Crippen LogP contribution >= 0.6 is 11.3 Å². The number of hydrogen-bond donors (Lipinski definition) is 0. The normalized spacial score (nSPS) is 21.5. The Morgan fingerprint density at radius 1 is 0.968 bits per heavy atom. The number of anilines is 1. The van der Waals surface area contributed by atoms with Crippen LogP contribution in [0.3, 0.4) is 0 Å². The second-order valence-electron chi connectivity index (χ2n) is 9.09. The van der Waals surface area contributed by atoms with E-state index in [0.29, 0.717) is 18.9 Å². The van der Waals surface area contributed by atoms with E-state index in [4.69, 9.17) is 0 Å². The van der Waals surface area contributed by atoms with Crippen molar-refractivity contribution in [3.63, 3.8) is 0 Å². The van der Waals surface area contributed by atoms with Crippen LogP contribution in [0.2, 0.25) is 0 Å². The molecule has 3 aliphatic rings. The van der Waals surface area contributed by atoms with Crippen LogP contribution in [0.25, 0.3) is 0 Å². The first-order valence-electron chi connectivity index (χ1n) is 11.6. The highest BCUT2D eigenvalue weighted by Gasteiger charge is 2.37. The lowest BCUT2D eigenvalue weighted by Gasteiger charge is -2.37. The van der Waals surface area contributed by atoms with E-state index in [2.05, 4.69) is 29.2 Å². The van der Waals surface area contributed by atoms with E-state index >= 15 is 0 Å². The van der Waals surface area contributed by atoms with Crippen molar-refractivity contribution in [2.45, 2.75) is 44.6 Å². The van der Waals surface area contributed by atoms with E-state index in [9.17, 15) is 9.59 Å². The lowest BCUT2D eigenvalue weighted by atomic mass is 9.95. The molecule has 3 aliphatic heterocycles. The first-order valence-corrected chi connectivity index (χ1v) is 12.5. The molecule has 31 heavy (non-hydrogen) atoms. The highest BCUT2D eigenvalue weighted by atomic mass is 32.1. The van der Waals surface area contributed by atoms with Gasteiger partial charge in [-0.15, -0.1) is 11.3 Å². The van der Waals surface area contributed by atoms with Gasteiger partial charge in [0.1, 0.15) is 6.04 Å². The number of carbonyl (C=O) groups is 2. The smallest absolute Gasteiger partial charge is 0.245 e. The maximum atomic E-state index is 13.3. The lowest BCUT2D eigenvalue weighted by molar-refractivity contribution is -0.144. The van der Waals surface area contributed by atoms with Crippen LogP contribution in [-0.4, -0.2) is 60.4 Å². The van der Waals surface area contributed by atoms with Gasteiger partial charge >= 0.3 is 0 Å². The number of benzene rings is 1. The number of carbonyl (C=O) groups excluding carboxylic acids is 2. The van der Waals surface area contributed by atoms with Crippen molar-refractivity contribution in [2.75, 3.05) is 37.6 Å². The van der Waals surface area contributed by atoms with Gasteiger partial charge in [-0.2, -0.15) is 0 Å². The average molecular weight is 438 g/mol. The number of piperidine rings is 1. The zero-order valence-corrected chi connectivity index (χ0v) is 18.9. The molecule has 0 N–H and O–H groups in total. The van der Waals surface area contributed by atoms with Gasteiger partial charge in [0.25, 0.3) is 0 Å². The molecule has 5 nitrogen and oxygen atoms in total. The van der Waals surface area contributed by atoms with Crippen LogP contribution in [0, 0.1) is 5.92 Å². The Morgan fingerprint density at radius 2 is 1.81 bits per heavy atom. The minimum absolute atomic E-state index is 0.0980. The Morgan fingerprint density at radius 3 is 2.61 bits per heavy atom. The van der Waals surface area contributed by atoms with Gasteiger partial charge in [0.15, 0.2) is 0 Å². The summed E-state index contributed by atoms with van der Waals surface area (Å²) in [7, 11) is 0. The monoisotopic (exact) mass is 437 g/mol. The summed E-state index contributed by atoms with van der Waals surface area (Å²) >= 11 is 1.61. The Kier molecular flexibility index (Phi) is 5.99. The van der Waals surface area contributed by atoms with E-state index in [1.54, 1.807) is 11.3 Å². The summed E-state index contributed by atoms with van der Waals surface area (Å²) in [5, 5.41) is 2.00. The molecule has 5 rings (SSSR count). The second-order valence-corrected chi connectivity index (χ2v) is 10.1. The van der Waals surface area contributed by atoms with E-state index in [0.717, 1.165) is 63.2 Å². The van der Waals surface area contributed by atoms with Crippen LogP contribution in [-0.2, 0) is 22.4 Å². The molecular formula is C25H31N3O2S. The summed E-state index contributed by atoms with van der Waals surface area (Å²) in [6, 6.07) is 12.5. The van der Waals surface area contributed by atoms with Crippen molar-refractivity contribution in [3.8, 4) is 0 Å². The van der Waals surface area contributed by atoms with Crippen LogP contribution in [0.4, 0.5) is 5.69 Å². The van der Waals surface area contributed by atoms with Crippen LogP contribution < -0.4 is 4.90 Å². The van der Waals surface area contributed by atoms with Crippen LogP contribution in [0.5, 0.6) is 0 Å². The third kappa shape index (κ3) is 4.36. The third-order valence-corrected chi connectivity index (χ3v) is 8.03. The molecule has 0 radical (unpaired) electrons. The molecule has 1 aromatic heterocycles. The number of nitrogens with zero attached hydrogens (tertiary/aromatic N) is 3. The lowest BCUT2D eigenvalue weighted by Crippen LogP contribution is -2.50. The summed E-state index contributed by atoms with van der Waals surface area (Å²) in [5.41, 5.74) is 2.86. The fourth-order valence-corrected chi connectivity index (χ4v) is 6.14. The summed E-state index contributed by atoms with van der Waals surface area (Å²) < 4.78 is 0. The standard InChI is InChI=1S/C25H31N3O2S/c29-24(17-21-6-4-16-31-21)28-12-3-8-23(28)25(30)26-13-9-19(10-14-26)18-27-15-11-20-5-1-2-7-22(20)27/h1-2,4-7,16,19,23H,3,8-15,17-18H2. The Balaban J connectivity index is 1.14. The van der Waals surface area contributed by atoms with Crippen LogP contribution in [0.15, 0.2) is 41.8 Å². The average Bonchev–Trinajstić information content (AvgIpc) is 3.55. The molecule has 2 saturated heterocycles. The van der Waals surface area contributed by atoms with Gasteiger partial charge in [-0.05, 0) is 61.1 Å². The van der Waals surface area contributed by atoms with Gasteiger partial charge in [0.2, 0.25) is 11.8 Å². The SMILES string of the molecule is O=C(C1CCCN1C(=O)Cc1cccs1)N1CCC(CN2CCc3ccccc32)CC1. The highest BCUT2D eigenvalue weighted by Crippen LogP contribution is 2.31. The maximum absolute atomic E-state index is 13.3. The van der Waals surface area contributed by atoms with Gasteiger partial charge in [-0.25, -0.2) is 0 Å². The van der Waals surface area contributed by atoms with Crippen molar-refractivity contribution >= 4 is 28.8 Å². The summed E-state index contributed by atoms with van der Waals surface area (Å²) in [4.78, 5) is 33.5. The van der Waals surface area contributed by atoms with Crippen LogP contribution in [0.1, 0.15) is 36.1 Å². The number of para-hydroxylation sites is 1. The minimum atomic E-state index is -0.255. The van der Waals surface area contributed by atoms with Crippen molar-refractivity contribution in [2.24, 2.45) is 5.92 Å². The number of fused-ring (bicyclic) bond motifs is 1. The molecule has 4 heterocycles. The predicted molar refractivity (Wildman–Crippen MR) is 124 cm³/mol. The van der Waals surface area contributed by atoms with Gasteiger partial charge < -0.3 is 14.7 Å². The number of amides is 2. The molecule has 2 amide bonds. The topological polar surface area (TPSA) is 43.9 Å². The molecule has 1 unspecified atom stereocenters. The molecule has 0 saturated carbocycles. The largest absolute Gasteiger partial charge is 0.371 e. The number of likely N-dealkylation sites (tertiary alicyclic amines) is 2. The van der Waals surface area contributed by atoms with Gasteiger partial charge in [0.05, 0.1) is 6.42 Å². The van der Waals surface area contributed by atoms with Crippen molar-refractivity contribution in [1.82, 2.24) is 9.80 Å². The zero-order chi connectivity index (χ0) is 21.2. The molecule has 2 fully saturated rings. The number of thiophene rings is 1. The van der Waals surface area contributed by atoms with E-state index < -0.39 is 0 Å². The van der Waals surface area contributed by atoms with Crippen molar-refractivity contribution in [3.05, 3.63) is 52.2 Å². The van der Waals surface area contributed by atoms with E-state index in [1.165, 1.54) is 11.3 Å². The zero-order valence-electron chi connectivity index (χ0n) is 18.0. The summed E-state index contributed by atoms with van der Waals surface area (Å²) in [5.74, 6) is 0.901. The van der Waals surface area contributed by atoms with Crippen molar-refractivity contribution in [1.29, 1.82) is 0 Å². The van der Waals surface area contributed by atoms with E-state index in [1.807, 2.05) is 27.3 Å². The molecule has 1 aromatic carbocycles. The fraction of sp³-hybridized carbons (Fsp3) is 0.520. The minimum Gasteiger partial charge on any atom is -0.371 e. The first-order chi connectivity index (χ1) is 15.2. The molecule has 2 aromatic rings. The quantitative estimate of drug-likeness (QED) is 0.718. The van der Waals surface area contributed by atoms with Gasteiger partial charge in [-0.3, -0.25) is 9.59 Å². The molecule has 1 atom stereocenters.